The molecule has 1 N–H and O–H groups in total. The Kier molecular flexibility index (Phi) is 3.89. The first kappa shape index (κ1) is 12.0. The van der Waals surface area contributed by atoms with E-state index in [4.69, 9.17) is 6.42 Å². The Hall–Kier alpha value is -0.520. The summed E-state index contributed by atoms with van der Waals surface area (Å²) in [5.41, 5.74) is 0.435. The van der Waals surface area contributed by atoms with Crippen molar-refractivity contribution in [1.82, 2.24) is 10.2 Å². The second kappa shape index (κ2) is 5.21. The van der Waals surface area contributed by atoms with Crippen molar-refractivity contribution in [2.75, 3.05) is 32.7 Å². The minimum Gasteiger partial charge on any atom is -0.316 e. The lowest BCUT2D eigenvalue weighted by atomic mass is 9.82. The molecule has 1 atom stereocenters. The summed E-state index contributed by atoms with van der Waals surface area (Å²) in [5.74, 6) is 3.75. The molecule has 2 fully saturated rings. The fourth-order valence-electron chi connectivity index (χ4n) is 2.77. The lowest BCUT2D eigenvalue weighted by molar-refractivity contribution is 0.140. The quantitative estimate of drug-likeness (QED) is 0.710. The van der Waals surface area contributed by atoms with E-state index in [1.54, 1.807) is 0 Å². The van der Waals surface area contributed by atoms with E-state index < -0.39 is 0 Å². The maximum absolute atomic E-state index is 5.47. The van der Waals surface area contributed by atoms with Crippen LogP contribution in [0.5, 0.6) is 0 Å². The van der Waals surface area contributed by atoms with Crippen molar-refractivity contribution in [2.24, 2.45) is 11.3 Å². The van der Waals surface area contributed by atoms with Crippen LogP contribution >= 0.6 is 0 Å². The van der Waals surface area contributed by atoms with Crippen LogP contribution in [-0.2, 0) is 0 Å². The van der Waals surface area contributed by atoms with Gasteiger partial charge in [-0.3, -0.25) is 4.90 Å². The first-order valence-electron chi connectivity index (χ1n) is 6.58. The number of nitrogens with one attached hydrogen (secondary N) is 1. The highest BCUT2D eigenvalue weighted by atomic mass is 15.1. The molecule has 1 saturated heterocycles. The number of rotatable bonds is 5. The number of piperidine rings is 1. The lowest BCUT2D eigenvalue weighted by Gasteiger charge is -2.38. The van der Waals surface area contributed by atoms with Crippen LogP contribution in [-0.4, -0.2) is 37.6 Å². The molecule has 0 radical (unpaired) electrons. The number of hydrogen-bond acceptors (Lipinski definition) is 2. The summed E-state index contributed by atoms with van der Waals surface area (Å²) in [6.07, 6.45) is 10.9. The van der Waals surface area contributed by atoms with Crippen molar-refractivity contribution >= 4 is 0 Å². The molecule has 0 aromatic carbocycles. The third kappa shape index (κ3) is 3.50. The molecule has 90 valence electrons. The molecule has 1 heterocycles. The van der Waals surface area contributed by atoms with Crippen LogP contribution in [0.4, 0.5) is 0 Å². The van der Waals surface area contributed by atoms with Gasteiger partial charge in [0.1, 0.15) is 0 Å². The molecule has 1 aliphatic carbocycles. The topological polar surface area (TPSA) is 15.3 Å². The van der Waals surface area contributed by atoms with Crippen molar-refractivity contribution in [2.45, 2.75) is 32.6 Å². The van der Waals surface area contributed by atoms with Crippen LogP contribution in [0.1, 0.15) is 32.6 Å². The largest absolute Gasteiger partial charge is 0.316 e. The van der Waals surface area contributed by atoms with E-state index in [9.17, 15) is 0 Å². The zero-order chi connectivity index (χ0) is 11.4. The van der Waals surface area contributed by atoms with Crippen molar-refractivity contribution < 1.29 is 0 Å². The fourth-order valence-corrected chi connectivity index (χ4v) is 2.77. The molecule has 2 heteroatoms. The summed E-state index contributed by atoms with van der Waals surface area (Å²) in [7, 11) is 0. The van der Waals surface area contributed by atoms with E-state index in [2.05, 4.69) is 23.1 Å². The smallest absolute Gasteiger partial charge is 0.0599 e. The van der Waals surface area contributed by atoms with Gasteiger partial charge in [-0.1, -0.05) is 12.8 Å². The van der Waals surface area contributed by atoms with Crippen molar-refractivity contribution in [1.29, 1.82) is 0 Å². The molecular weight excluding hydrogens is 196 g/mol. The average Bonchev–Trinajstić information content (AvgIpc) is 3.02. The molecule has 2 aliphatic rings. The highest BCUT2D eigenvalue weighted by Crippen LogP contribution is 2.32. The first-order chi connectivity index (χ1) is 7.72. The van der Waals surface area contributed by atoms with Crippen LogP contribution < -0.4 is 5.32 Å². The standard InChI is InChI=1S/C14H24N2/c1-3-9-16(10-13-5-6-13)12-14(2)7-4-8-15-11-14/h1,13,15H,4-12H2,2H3. The average molecular weight is 220 g/mol. The third-order valence-corrected chi connectivity index (χ3v) is 3.82. The zero-order valence-corrected chi connectivity index (χ0v) is 10.5. The SMILES string of the molecule is C#CCN(CC1CC1)CC1(C)CCCNC1. The molecule has 2 nitrogen and oxygen atoms in total. The molecule has 1 saturated carbocycles. The Labute approximate surface area is 99.8 Å². The Morgan fingerprint density at radius 2 is 2.31 bits per heavy atom. The van der Waals surface area contributed by atoms with E-state index in [0.717, 1.165) is 19.0 Å². The molecule has 0 amide bonds. The van der Waals surface area contributed by atoms with Gasteiger partial charge in [-0.2, -0.15) is 0 Å². The van der Waals surface area contributed by atoms with Crippen molar-refractivity contribution in [3.05, 3.63) is 0 Å². The predicted molar refractivity (Wildman–Crippen MR) is 68.2 cm³/mol. The number of hydrogen-bond donors (Lipinski definition) is 1. The van der Waals surface area contributed by atoms with Crippen molar-refractivity contribution in [3.63, 3.8) is 0 Å². The minimum atomic E-state index is 0.435. The summed E-state index contributed by atoms with van der Waals surface area (Å²) in [4.78, 5) is 2.49. The first-order valence-corrected chi connectivity index (χ1v) is 6.58. The van der Waals surface area contributed by atoms with E-state index >= 15 is 0 Å². The highest BCUT2D eigenvalue weighted by molar-refractivity contribution is 4.93. The number of nitrogens with zero attached hydrogens (tertiary/aromatic N) is 1. The molecular formula is C14H24N2. The van der Waals surface area contributed by atoms with Crippen LogP contribution in [0.25, 0.3) is 0 Å². The lowest BCUT2D eigenvalue weighted by Crippen LogP contribution is -2.46. The Morgan fingerprint density at radius 1 is 1.50 bits per heavy atom. The van der Waals surface area contributed by atoms with Gasteiger partial charge in [0.25, 0.3) is 0 Å². The molecule has 16 heavy (non-hydrogen) atoms. The predicted octanol–water partition coefficient (Wildman–Crippen LogP) is 1.72. The fraction of sp³-hybridized carbons (Fsp3) is 0.857. The summed E-state index contributed by atoms with van der Waals surface area (Å²) in [6.45, 7) is 7.95. The second-order valence-electron chi connectivity index (χ2n) is 5.91. The van der Waals surface area contributed by atoms with Crippen LogP contribution in [0.15, 0.2) is 0 Å². The summed E-state index contributed by atoms with van der Waals surface area (Å²) in [6, 6.07) is 0. The Morgan fingerprint density at radius 3 is 2.88 bits per heavy atom. The molecule has 0 bridgehead atoms. The van der Waals surface area contributed by atoms with E-state index in [1.165, 1.54) is 45.3 Å². The van der Waals surface area contributed by atoms with Gasteiger partial charge in [0.05, 0.1) is 6.54 Å². The van der Waals surface area contributed by atoms with E-state index in [1.807, 2.05) is 0 Å². The van der Waals surface area contributed by atoms with Gasteiger partial charge in [0, 0.05) is 19.6 Å². The van der Waals surface area contributed by atoms with Crippen LogP contribution in [0.2, 0.25) is 0 Å². The second-order valence-corrected chi connectivity index (χ2v) is 5.91. The van der Waals surface area contributed by atoms with Gasteiger partial charge in [-0.25, -0.2) is 0 Å². The minimum absolute atomic E-state index is 0.435. The maximum atomic E-state index is 5.47. The molecule has 0 aromatic rings. The molecule has 1 aliphatic heterocycles. The van der Waals surface area contributed by atoms with E-state index in [-0.39, 0.29) is 0 Å². The van der Waals surface area contributed by atoms with Crippen LogP contribution in [0.3, 0.4) is 0 Å². The van der Waals surface area contributed by atoms with Gasteiger partial charge >= 0.3 is 0 Å². The van der Waals surface area contributed by atoms with Gasteiger partial charge in [-0.15, -0.1) is 6.42 Å². The zero-order valence-electron chi connectivity index (χ0n) is 10.5. The normalized spacial score (nSPS) is 30.3. The van der Waals surface area contributed by atoms with Gasteiger partial charge in [0.15, 0.2) is 0 Å². The molecule has 0 aromatic heterocycles. The molecule has 0 spiro atoms. The third-order valence-electron chi connectivity index (χ3n) is 3.82. The molecule has 2 rings (SSSR count). The van der Waals surface area contributed by atoms with Crippen molar-refractivity contribution in [3.8, 4) is 12.3 Å². The summed E-state index contributed by atoms with van der Waals surface area (Å²) in [5, 5.41) is 3.51. The van der Waals surface area contributed by atoms with Gasteiger partial charge < -0.3 is 5.32 Å². The Balaban J connectivity index is 1.84. The summed E-state index contributed by atoms with van der Waals surface area (Å²) >= 11 is 0. The molecule has 1 unspecified atom stereocenters. The number of terminal acetylenes is 1. The van der Waals surface area contributed by atoms with Crippen LogP contribution in [0, 0.1) is 23.7 Å². The van der Waals surface area contributed by atoms with Gasteiger partial charge in [-0.05, 0) is 43.6 Å². The summed E-state index contributed by atoms with van der Waals surface area (Å²) < 4.78 is 0. The van der Waals surface area contributed by atoms with E-state index in [0.29, 0.717) is 5.41 Å². The highest BCUT2D eigenvalue weighted by Gasteiger charge is 2.31. The maximum Gasteiger partial charge on any atom is 0.0599 e. The van der Waals surface area contributed by atoms with Gasteiger partial charge in [0.2, 0.25) is 0 Å². The monoisotopic (exact) mass is 220 g/mol. The Bertz CT molecular complexity index is 256.